The number of phenols is 1. The SMILES string of the molecule is Cc1ccsc1[C@@H]1[C@@H](c2ccccn2)NC(=S)N1c1ccc(O)cc1. The third kappa shape index (κ3) is 2.88. The number of nitrogens with zero attached hydrogens (tertiary/aromatic N) is 2. The van der Waals surface area contributed by atoms with Crippen LogP contribution in [-0.2, 0) is 0 Å². The van der Waals surface area contributed by atoms with Gasteiger partial charge in [0.15, 0.2) is 5.11 Å². The van der Waals surface area contributed by atoms with Crippen molar-refractivity contribution in [3.05, 3.63) is 76.2 Å². The van der Waals surface area contributed by atoms with E-state index >= 15 is 0 Å². The first-order chi connectivity index (χ1) is 12.1. The van der Waals surface area contributed by atoms with Gasteiger partial charge in [0.25, 0.3) is 0 Å². The minimum atomic E-state index is -0.0279. The normalized spacial score (nSPS) is 19.9. The lowest BCUT2D eigenvalue weighted by atomic mass is 10.0. The Labute approximate surface area is 155 Å². The second kappa shape index (κ2) is 6.46. The molecule has 0 spiro atoms. The second-order valence-electron chi connectivity index (χ2n) is 5.98. The number of aromatic nitrogens is 1. The van der Waals surface area contributed by atoms with Crippen molar-refractivity contribution < 1.29 is 5.11 Å². The first kappa shape index (κ1) is 16.1. The molecule has 0 saturated carbocycles. The van der Waals surface area contributed by atoms with Crippen LogP contribution in [0.3, 0.4) is 0 Å². The monoisotopic (exact) mass is 367 g/mol. The van der Waals surface area contributed by atoms with Crippen LogP contribution in [0.5, 0.6) is 5.75 Å². The van der Waals surface area contributed by atoms with Crippen LogP contribution in [-0.4, -0.2) is 15.2 Å². The highest BCUT2D eigenvalue weighted by molar-refractivity contribution is 7.80. The summed E-state index contributed by atoms with van der Waals surface area (Å²) in [4.78, 5) is 7.92. The fourth-order valence-electron chi connectivity index (χ4n) is 3.20. The highest BCUT2D eigenvalue weighted by atomic mass is 32.1. The summed E-state index contributed by atoms with van der Waals surface area (Å²) in [5.74, 6) is 0.243. The van der Waals surface area contributed by atoms with E-state index in [9.17, 15) is 5.11 Å². The Morgan fingerprint density at radius 1 is 1.16 bits per heavy atom. The van der Waals surface area contributed by atoms with Crippen LogP contribution in [0.25, 0.3) is 0 Å². The highest BCUT2D eigenvalue weighted by Gasteiger charge is 2.41. The summed E-state index contributed by atoms with van der Waals surface area (Å²) in [6, 6.07) is 15.2. The van der Waals surface area contributed by atoms with Crippen molar-refractivity contribution in [2.24, 2.45) is 0 Å². The molecule has 4 nitrogen and oxygen atoms in total. The number of hydrogen-bond acceptors (Lipinski definition) is 4. The van der Waals surface area contributed by atoms with Crippen molar-refractivity contribution in [2.75, 3.05) is 4.90 Å². The Morgan fingerprint density at radius 2 is 1.96 bits per heavy atom. The molecule has 6 heteroatoms. The number of nitrogens with one attached hydrogen (secondary N) is 1. The van der Waals surface area contributed by atoms with Crippen molar-refractivity contribution >= 4 is 34.4 Å². The Bertz CT molecular complexity index is 893. The fourth-order valence-corrected chi connectivity index (χ4v) is 4.60. The molecule has 0 radical (unpaired) electrons. The van der Waals surface area contributed by atoms with E-state index in [1.165, 1.54) is 10.4 Å². The number of aromatic hydroxyl groups is 1. The molecule has 2 aromatic heterocycles. The maximum atomic E-state index is 9.61. The summed E-state index contributed by atoms with van der Waals surface area (Å²) in [5, 5.41) is 15.8. The van der Waals surface area contributed by atoms with Crippen LogP contribution in [0, 0.1) is 6.92 Å². The van der Waals surface area contributed by atoms with E-state index < -0.39 is 0 Å². The van der Waals surface area contributed by atoms with Crippen molar-refractivity contribution in [2.45, 2.75) is 19.0 Å². The molecule has 0 unspecified atom stereocenters. The molecule has 1 aromatic carbocycles. The molecular formula is C19H17N3OS2. The van der Waals surface area contributed by atoms with Gasteiger partial charge in [-0.3, -0.25) is 4.98 Å². The van der Waals surface area contributed by atoms with Crippen molar-refractivity contribution in [1.82, 2.24) is 10.3 Å². The summed E-state index contributed by atoms with van der Waals surface area (Å²) in [7, 11) is 0. The third-order valence-electron chi connectivity index (χ3n) is 4.40. The standard InChI is InChI=1S/C19H17N3OS2/c1-12-9-11-25-18(12)17-16(15-4-2-3-10-20-15)21-19(24)22(17)13-5-7-14(23)8-6-13/h2-11,16-17,23H,1H3,(H,21,24)/t16-,17+/m1/s1. The zero-order chi connectivity index (χ0) is 17.4. The van der Waals surface area contributed by atoms with Gasteiger partial charge in [0.1, 0.15) is 5.75 Å². The van der Waals surface area contributed by atoms with Crippen LogP contribution in [0.2, 0.25) is 0 Å². The van der Waals surface area contributed by atoms with Crippen molar-refractivity contribution in [1.29, 1.82) is 0 Å². The van der Waals surface area contributed by atoms with E-state index in [1.807, 2.05) is 36.5 Å². The Morgan fingerprint density at radius 3 is 2.60 bits per heavy atom. The molecule has 25 heavy (non-hydrogen) atoms. The van der Waals surface area contributed by atoms with Gasteiger partial charge in [0, 0.05) is 16.8 Å². The van der Waals surface area contributed by atoms with Crippen LogP contribution in [0.4, 0.5) is 5.69 Å². The van der Waals surface area contributed by atoms with Gasteiger partial charge in [0.2, 0.25) is 0 Å². The number of hydrogen-bond donors (Lipinski definition) is 2. The lowest BCUT2D eigenvalue weighted by Gasteiger charge is -2.27. The molecule has 1 saturated heterocycles. The van der Waals surface area contributed by atoms with E-state index in [2.05, 4.69) is 33.6 Å². The summed E-state index contributed by atoms with van der Waals surface area (Å²) in [5.41, 5.74) is 3.15. The predicted molar refractivity (Wildman–Crippen MR) is 105 cm³/mol. The zero-order valence-electron chi connectivity index (χ0n) is 13.6. The van der Waals surface area contributed by atoms with E-state index in [0.29, 0.717) is 5.11 Å². The van der Waals surface area contributed by atoms with Crippen LogP contribution in [0.1, 0.15) is 28.2 Å². The van der Waals surface area contributed by atoms with Gasteiger partial charge >= 0.3 is 0 Å². The minimum absolute atomic E-state index is 0.0203. The number of benzene rings is 1. The minimum Gasteiger partial charge on any atom is -0.508 e. The maximum Gasteiger partial charge on any atom is 0.174 e. The molecule has 3 heterocycles. The van der Waals surface area contributed by atoms with Crippen molar-refractivity contribution in [3.63, 3.8) is 0 Å². The molecule has 4 rings (SSSR count). The lowest BCUT2D eigenvalue weighted by Crippen LogP contribution is -2.29. The Balaban J connectivity index is 1.83. The van der Waals surface area contributed by atoms with Gasteiger partial charge in [0.05, 0.1) is 17.8 Å². The number of aryl methyl sites for hydroxylation is 1. The van der Waals surface area contributed by atoms with Crippen molar-refractivity contribution in [3.8, 4) is 5.75 Å². The Hall–Kier alpha value is -2.44. The van der Waals surface area contributed by atoms with E-state index in [1.54, 1.807) is 23.5 Å². The van der Waals surface area contributed by atoms with E-state index in [-0.39, 0.29) is 17.8 Å². The first-order valence-corrected chi connectivity index (χ1v) is 9.27. The number of rotatable bonds is 3. The van der Waals surface area contributed by atoms with Gasteiger partial charge in [-0.25, -0.2) is 0 Å². The van der Waals surface area contributed by atoms with Crippen LogP contribution in [0.15, 0.2) is 60.1 Å². The average Bonchev–Trinajstić information content (AvgIpc) is 3.19. The summed E-state index contributed by atoms with van der Waals surface area (Å²) in [6.07, 6.45) is 1.81. The molecule has 126 valence electrons. The third-order valence-corrected chi connectivity index (χ3v) is 5.80. The smallest absolute Gasteiger partial charge is 0.174 e. The maximum absolute atomic E-state index is 9.61. The number of thiophene rings is 1. The molecule has 3 aromatic rings. The summed E-state index contributed by atoms with van der Waals surface area (Å²) in [6.45, 7) is 2.12. The molecular weight excluding hydrogens is 350 g/mol. The quantitative estimate of drug-likeness (QED) is 0.675. The van der Waals surface area contributed by atoms with Gasteiger partial charge < -0.3 is 15.3 Å². The van der Waals surface area contributed by atoms with E-state index in [4.69, 9.17) is 12.2 Å². The summed E-state index contributed by atoms with van der Waals surface area (Å²) < 4.78 is 0. The van der Waals surface area contributed by atoms with Crippen LogP contribution < -0.4 is 10.2 Å². The molecule has 0 aliphatic carbocycles. The van der Waals surface area contributed by atoms with Gasteiger partial charge in [-0.05, 0) is 72.5 Å². The molecule has 1 fully saturated rings. The molecule has 2 atom stereocenters. The topological polar surface area (TPSA) is 48.4 Å². The number of anilines is 1. The predicted octanol–water partition coefficient (Wildman–Crippen LogP) is 4.33. The van der Waals surface area contributed by atoms with E-state index in [0.717, 1.165) is 11.4 Å². The molecule has 0 bridgehead atoms. The van der Waals surface area contributed by atoms with Gasteiger partial charge in [-0.15, -0.1) is 11.3 Å². The van der Waals surface area contributed by atoms with Gasteiger partial charge in [-0.1, -0.05) is 6.07 Å². The number of pyridine rings is 1. The number of phenolic OH excluding ortho intramolecular Hbond substituents is 1. The molecule has 2 N–H and O–H groups in total. The first-order valence-electron chi connectivity index (χ1n) is 7.99. The largest absolute Gasteiger partial charge is 0.508 e. The Kier molecular flexibility index (Phi) is 4.15. The highest BCUT2D eigenvalue weighted by Crippen LogP contribution is 2.44. The molecule has 0 amide bonds. The average molecular weight is 367 g/mol. The lowest BCUT2D eigenvalue weighted by molar-refractivity contribution is 0.475. The van der Waals surface area contributed by atoms with Gasteiger partial charge in [-0.2, -0.15) is 0 Å². The fraction of sp³-hybridized carbons (Fsp3) is 0.158. The second-order valence-corrected chi connectivity index (χ2v) is 7.32. The summed E-state index contributed by atoms with van der Waals surface area (Å²) >= 11 is 7.39. The zero-order valence-corrected chi connectivity index (χ0v) is 15.2. The molecule has 1 aliphatic heterocycles. The molecule has 1 aliphatic rings. The van der Waals surface area contributed by atoms with Crippen LogP contribution >= 0.6 is 23.6 Å². The number of thiocarbonyl (C=S) groups is 1.